The van der Waals surface area contributed by atoms with Gasteiger partial charge in [0.2, 0.25) is 5.95 Å². The molecule has 0 aliphatic carbocycles. The molecular weight excluding hydrogens is 252 g/mol. The van der Waals surface area contributed by atoms with Crippen LogP contribution >= 0.6 is 0 Å². The number of benzene rings is 1. The summed E-state index contributed by atoms with van der Waals surface area (Å²) in [5, 5.41) is 5.87. The zero-order chi connectivity index (χ0) is 14.4. The first-order valence-corrected chi connectivity index (χ1v) is 6.22. The smallest absolute Gasteiger partial charge is 0.250 e. The Morgan fingerprint density at radius 1 is 1.20 bits per heavy atom. The first kappa shape index (κ1) is 13.7. The van der Waals surface area contributed by atoms with Gasteiger partial charge in [-0.15, -0.1) is 0 Å². The van der Waals surface area contributed by atoms with Crippen molar-refractivity contribution in [3.05, 3.63) is 60.4 Å². The molecule has 1 amide bonds. The Labute approximate surface area is 117 Å². The van der Waals surface area contributed by atoms with Gasteiger partial charge in [0.25, 0.3) is 5.91 Å². The summed E-state index contributed by atoms with van der Waals surface area (Å²) < 4.78 is 0. The summed E-state index contributed by atoms with van der Waals surface area (Å²) >= 11 is 0. The summed E-state index contributed by atoms with van der Waals surface area (Å²) in [5.41, 5.74) is 2.31. The maximum Gasteiger partial charge on any atom is 0.250 e. The van der Waals surface area contributed by atoms with Gasteiger partial charge < -0.3 is 10.6 Å². The van der Waals surface area contributed by atoms with E-state index in [2.05, 4.69) is 27.2 Å². The van der Waals surface area contributed by atoms with Gasteiger partial charge in [-0.2, -0.15) is 0 Å². The van der Waals surface area contributed by atoms with Crippen LogP contribution in [0.25, 0.3) is 0 Å². The minimum atomic E-state index is -0.173. The lowest BCUT2D eigenvalue weighted by Gasteiger charge is -2.07. The third-order valence-corrected chi connectivity index (χ3v) is 2.62. The minimum Gasteiger partial charge on any atom is -0.350 e. The van der Waals surface area contributed by atoms with Crippen LogP contribution in [0.2, 0.25) is 0 Å². The second-order valence-electron chi connectivity index (χ2n) is 4.36. The topological polar surface area (TPSA) is 66.9 Å². The van der Waals surface area contributed by atoms with E-state index in [0.717, 1.165) is 11.3 Å². The van der Waals surface area contributed by atoms with E-state index in [1.165, 1.54) is 0 Å². The first-order valence-electron chi connectivity index (χ1n) is 6.22. The molecule has 2 rings (SSSR count). The molecule has 1 heterocycles. The van der Waals surface area contributed by atoms with Gasteiger partial charge in [-0.05, 0) is 30.7 Å². The van der Waals surface area contributed by atoms with Gasteiger partial charge in [0.15, 0.2) is 0 Å². The van der Waals surface area contributed by atoms with Gasteiger partial charge >= 0.3 is 0 Å². The summed E-state index contributed by atoms with van der Waals surface area (Å²) in [6.07, 6.45) is 3.37. The van der Waals surface area contributed by atoms with E-state index in [-0.39, 0.29) is 5.91 Å². The molecule has 5 heteroatoms. The van der Waals surface area contributed by atoms with Crippen LogP contribution in [-0.4, -0.2) is 15.9 Å². The van der Waals surface area contributed by atoms with Crippen molar-refractivity contribution in [2.45, 2.75) is 13.5 Å². The number of anilines is 2. The van der Waals surface area contributed by atoms with Crippen molar-refractivity contribution in [3.63, 3.8) is 0 Å². The fourth-order valence-corrected chi connectivity index (χ4v) is 1.52. The summed E-state index contributed by atoms with van der Waals surface area (Å²) in [5.74, 6) is 0.417. The van der Waals surface area contributed by atoms with Crippen molar-refractivity contribution >= 4 is 17.5 Å². The monoisotopic (exact) mass is 268 g/mol. The fraction of sp³-hybridized carbons (Fsp3) is 0.133. The van der Waals surface area contributed by atoms with E-state index < -0.39 is 0 Å². The highest BCUT2D eigenvalue weighted by atomic mass is 16.1. The van der Waals surface area contributed by atoms with Gasteiger partial charge in [0, 0.05) is 30.2 Å². The largest absolute Gasteiger partial charge is 0.350 e. The van der Waals surface area contributed by atoms with Crippen LogP contribution in [0.1, 0.15) is 12.5 Å². The Morgan fingerprint density at radius 2 is 1.85 bits per heavy atom. The minimum absolute atomic E-state index is 0.173. The Hall–Kier alpha value is -2.69. The van der Waals surface area contributed by atoms with Crippen LogP contribution in [0.4, 0.5) is 11.6 Å². The highest BCUT2D eigenvalue weighted by Crippen LogP contribution is 2.11. The number of carbonyl (C=O) groups is 1. The predicted molar refractivity (Wildman–Crippen MR) is 79.2 cm³/mol. The molecule has 0 fully saturated rings. The Bertz CT molecular complexity index is 593. The molecule has 5 nitrogen and oxygen atoms in total. The molecule has 2 N–H and O–H groups in total. The number of amides is 1. The van der Waals surface area contributed by atoms with Crippen LogP contribution in [0.3, 0.4) is 0 Å². The van der Waals surface area contributed by atoms with Gasteiger partial charge in [-0.3, -0.25) is 4.79 Å². The van der Waals surface area contributed by atoms with Crippen molar-refractivity contribution < 1.29 is 4.79 Å². The maximum absolute atomic E-state index is 11.5. The molecule has 0 spiro atoms. The normalized spacial score (nSPS) is 9.85. The van der Waals surface area contributed by atoms with E-state index in [9.17, 15) is 4.79 Å². The van der Waals surface area contributed by atoms with Crippen LogP contribution in [0, 0.1) is 0 Å². The summed E-state index contributed by atoms with van der Waals surface area (Å²) in [6.45, 7) is 5.89. The molecule has 0 atom stereocenters. The molecule has 0 radical (unpaired) electrons. The average Bonchev–Trinajstić information content (AvgIpc) is 2.47. The number of nitrogens with zero attached hydrogens (tertiary/aromatic N) is 2. The van der Waals surface area contributed by atoms with Gasteiger partial charge in [-0.1, -0.05) is 18.7 Å². The molecule has 2 aromatic rings. The molecule has 0 saturated carbocycles. The molecule has 20 heavy (non-hydrogen) atoms. The number of carbonyl (C=O) groups excluding carboxylic acids is 1. The van der Waals surface area contributed by atoms with Crippen LogP contribution in [0.15, 0.2) is 54.9 Å². The van der Waals surface area contributed by atoms with E-state index in [0.29, 0.717) is 18.1 Å². The lowest BCUT2D eigenvalue weighted by molar-refractivity contribution is -0.112. The summed E-state index contributed by atoms with van der Waals surface area (Å²) in [6, 6.07) is 9.34. The lowest BCUT2D eigenvalue weighted by Crippen LogP contribution is -2.11. The summed E-state index contributed by atoms with van der Waals surface area (Å²) in [7, 11) is 0. The molecule has 0 bridgehead atoms. The van der Waals surface area contributed by atoms with E-state index >= 15 is 0 Å². The molecule has 0 saturated heterocycles. The SMILES string of the molecule is C=C(C)C(=O)Nc1ccc(CNc2ncccn2)cc1. The average molecular weight is 268 g/mol. The van der Waals surface area contributed by atoms with Crippen LogP contribution in [0.5, 0.6) is 0 Å². The van der Waals surface area contributed by atoms with Crippen molar-refractivity contribution in [1.82, 2.24) is 9.97 Å². The molecular formula is C15H16N4O. The highest BCUT2D eigenvalue weighted by molar-refractivity contribution is 6.02. The maximum atomic E-state index is 11.5. The van der Waals surface area contributed by atoms with Crippen molar-refractivity contribution in [1.29, 1.82) is 0 Å². The van der Waals surface area contributed by atoms with E-state index in [1.807, 2.05) is 24.3 Å². The third-order valence-electron chi connectivity index (χ3n) is 2.62. The predicted octanol–water partition coefficient (Wildman–Crippen LogP) is 2.60. The summed E-state index contributed by atoms with van der Waals surface area (Å²) in [4.78, 5) is 19.6. The van der Waals surface area contributed by atoms with Crippen molar-refractivity contribution in [2.75, 3.05) is 10.6 Å². The molecule has 102 valence electrons. The number of rotatable bonds is 5. The zero-order valence-electron chi connectivity index (χ0n) is 11.3. The Balaban J connectivity index is 1.91. The Kier molecular flexibility index (Phi) is 4.44. The van der Waals surface area contributed by atoms with Crippen molar-refractivity contribution in [3.8, 4) is 0 Å². The molecule has 0 aliphatic heterocycles. The third kappa shape index (κ3) is 3.91. The number of hydrogen-bond donors (Lipinski definition) is 2. The molecule has 0 unspecified atom stereocenters. The van der Waals surface area contributed by atoms with Crippen LogP contribution < -0.4 is 10.6 Å². The van der Waals surface area contributed by atoms with Gasteiger partial charge in [0.05, 0.1) is 0 Å². The van der Waals surface area contributed by atoms with Gasteiger partial charge in [-0.25, -0.2) is 9.97 Å². The highest BCUT2D eigenvalue weighted by Gasteiger charge is 2.02. The number of hydrogen-bond acceptors (Lipinski definition) is 4. The lowest BCUT2D eigenvalue weighted by atomic mass is 10.2. The fourth-order valence-electron chi connectivity index (χ4n) is 1.52. The second-order valence-corrected chi connectivity index (χ2v) is 4.36. The first-order chi connectivity index (χ1) is 9.65. The van der Waals surface area contributed by atoms with Crippen LogP contribution in [-0.2, 0) is 11.3 Å². The standard InChI is InChI=1S/C15H16N4O/c1-11(2)14(20)19-13-6-4-12(5-7-13)10-18-15-16-8-3-9-17-15/h3-9H,1,10H2,2H3,(H,19,20)(H,16,17,18). The molecule has 1 aromatic heterocycles. The molecule has 1 aromatic carbocycles. The van der Waals surface area contributed by atoms with E-state index in [4.69, 9.17) is 0 Å². The second kappa shape index (κ2) is 6.47. The van der Waals surface area contributed by atoms with Gasteiger partial charge in [0.1, 0.15) is 0 Å². The molecule has 0 aliphatic rings. The van der Waals surface area contributed by atoms with Crippen molar-refractivity contribution in [2.24, 2.45) is 0 Å². The van der Waals surface area contributed by atoms with E-state index in [1.54, 1.807) is 25.4 Å². The number of nitrogens with one attached hydrogen (secondary N) is 2. The Morgan fingerprint density at radius 3 is 2.45 bits per heavy atom. The number of aromatic nitrogens is 2. The quantitative estimate of drug-likeness (QED) is 0.818. The zero-order valence-corrected chi connectivity index (χ0v) is 11.3.